The predicted octanol–water partition coefficient (Wildman–Crippen LogP) is 5.94. The maximum atomic E-state index is 13.8. The SMILES string of the molecule is CCCn1c(C(=O)N2CCOc3ccc(-c4ccc5nc(C)[nH]c5c4)cc3C2)cc2ccccc21. The van der Waals surface area contributed by atoms with Crippen LogP contribution in [0.4, 0.5) is 0 Å². The molecule has 0 radical (unpaired) electrons. The number of nitrogens with zero attached hydrogens (tertiary/aromatic N) is 3. The summed E-state index contributed by atoms with van der Waals surface area (Å²) in [4.78, 5) is 23.5. The van der Waals surface area contributed by atoms with Gasteiger partial charge in [0.05, 0.1) is 17.6 Å². The van der Waals surface area contributed by atoms with Crippen molar-refractivity contribution in [1.82, 2.24) is 19.4 Å². The van der Waals surface area contributed by atoms with E-state index in [1.165, 1.54) is 0 Å². The molecule has 6 nitrogen and oxygen atoms in total. The minimum absolute atomic E-state index is 0.0471. The van der Waals surface area contributed by atoms with Gasteiger partial charge in [-0.05, 0) is 60.9 Å². The number of benzene rings is 3. The summed E-state index contributed by atoms with van der Waals surface area (Å²) >= 11 is 0. The molecule has 0 saturated heterocycles. The Balaban J connectivity index is 1.34. The highest BCUT2D eigenvalue weighted by molar-refractivity contribution is 5.99. The van der Waals surface area contributed by atoms with Crippen LogP contribution in [-0.2, 0) is 13.1 Å². The third-order valence-corrected chi connectivity index (χ3v) is 6.74. The minimum atomic E-state index is 0.0471. The molecule has 0 unspecified atom stereocenters. The van der Waals surface area contributed by atoms with Crippen LogP contribution in [0, 0.1) is 6.92 Å². The molecule has 0 saturated carbocycles. The molecule has 3 heterocycles. The summed E-state index contributed by atoms with van der Waals surface area (Å²) in [6.07, 6.45) is 0.967. The van der Waals surface area contributed by atoms with Crippen molar-refractivity contribution in [3.05, 3.63) is 83.8 Å². The molecule has 1 aliphatic heterocycles. The number of aryl methyl sites for hydroxylation is 2. The van der Waals surface area contributed by atoms with E-state index in [1.807, 2.05) is 42.2 Å². The molecule has 1 amide bonds. The first-order chi connectivity index (χ1) is 17.1. The molecule has 176 valence electrons. The zero-order valence-corrected chi connectivity index (χ0v) is 20.0. The molecule has 0 fully saturated rings. The highest BCUT2D eigenvalue weighted by atomic mass is 16.5. The van der Waals surface area contributed by atoms with E-state index >= 15 is 0 Å². The third-order valence-electron chi connectivity index (χ3n) is 6.74. The molecule has 0 aliphatic carbocycles. The van der Waals surface area contributed by atoms with Gasteiger partial charge in [0.15, 0.2) is 0 Å². The fourth-order valence-electron chi connectivity index (χ4n) is 5.08. The average Bonchev–Trinajstić information content (AvgIpc) is 3.34. The molecular formula is C29H28N4O2. The molecule has 1 N–H and O–H groups in total. The van der Waals surface area contributed by atoms with Crippen molar-refractivity contribution in [1.29, 1.82) is 0 Å². The molecule has 0 bridgehead atoms. The summed E-state index contributed by atoms with van der Waals surface area (Å²) in [5.74, 6) is 1.80. The van der Waals surface area contributed by atoms with Gasteiger partial charge in [0.25, 0.3) is 5.91 Å². The maximum absolute atomic E-state index is 13.8. The molecule has 1 aliphatic rings. The second kappa shape index (κ2) is 8.62. The Morgan fingerprint density at radius 3 is 2.77 bits per heavy atom. The average molecular weight is 465 g/mol. The van der Waals surface area contributed by atoms with Crippen molar-refractivity contribution in [2.75, 3.05) is 13.2 Å². The number of aromatic amines is 1. The van der Waals surface area contributed by atoms with Gasteiger partial charge in [0.1, 0.15) is 23.9 Å². The smallest absolute Gasteiger partial charge is 0.270 e. The molecular weight excluding hydrogens is 436 g/mol. The molecule has 3 aromatic carbocycles. The summed E-state index contributed by atoms with van der Waals surface area (Å²) < 4.78 is 8.20. The second-order valence-corrected chi connectivity index (χ2v) is 9.19. The lowest BCUT2D eigenvalue weighted by molar-refractivity contribution is 0.0722. The van der Waals surface area contributed by atoms with Gasteiger partial charge in [-0.2, -0.15) is 0 Å². The van der Waals surface area contributed by atoms with Crippen LogP contribution in [0.5, 0.6) is 5.75 Å². The zero-order chi connectivity index (χ0) is 23.9. The van der Waals surface area contributed by atoms with Gasteiger partial charge < -0.3 is 19.2 Å². The van der Waals surface area contributed by atoms with E-state index in [2.05, 4.69) is 57.9 Å². The summed E-state index contributed by atoms with van der Waals surface area (Å²) in [7, 11) is 0. The highest BCUT2D eigenvalue weighted by Gasteiger charge is 2.25. The topological polar surface area (TPSA) is 63.1 Å². The molecule has 6 rings (SSSR count). The zero-order valence-electron chi connectivity index (χ0n) is 20.0. The largest absolute Gasteiger partial charge is 0.491 e. The van der Waals surface area contributed by atoms with Gasteiger partial charge in [-0.1, -0.05) is 37.3 Å². The number of H-pyrrole nitrogens is 1. The van der Waals surface area contributed by atoms with Crippen molar-refractivity contribution in [3.8, 4) is 16.9 Å². The highest BCUT2D eigenvalue weighted by Crippen LogP contribution is 2.31. The van der Waals surface area contributed by atoms with Crippen molar-refractivity contribution >= 4 is 27.8 Å². The number of amides is 1. The maximum Gasteiger partial charge on any atom is 0.270 e. The normalized spacial score (nSPS) is 13.6. The Hall–Kier alpha value is -4.06. The number of hydrogen-bond acceptors (Lipinski definition) is 3. The number of carbonyl (C=O) groups excluding carboxylic acids is 1. The van der Waals surface area contributed by atoms with Crippen LogP contribution in [0.3, 0.4) is 0 Å². The van der Waals surface area contributed by atoms with Crippen LogP contribution in [-0.4, -0.2) is 38.5 Å². The Bertz CT molecular complexity index is 1560. The summed E-state index contributed by atoms with van der Waals surface area (Å²) in [5, 5.41) is 1.10. The van der Waals surface area contributed by atoms with Crippen molar-refractivity contribution in [2.45, 2.75) is 33.4 Å². The van der Waals surface area contributed by atoms with E-state index in [0.29, 0.717) is 19.7 Å². The molecule has 0 spiro atoms. The lowest BCUT2D eigenvalue weighted by Gasteiger charge is -2.21. The minimum Gasteiger partial charge on any atom is -0.491 e. The van der Waals surface area contributed by atoms with Gasteiger partial charge in [-0.25, -0.2) is 4.98 Å². The molecule has 0 atom stereocenters. The Labute approximate surface area is 204 Å². The Morgan fingerprint density at radius 1 is 1.06 bits per heavy atom. The third kappa shape index (κ3) is 3.85. The van der Waals surface area contributed by atoms with Gasteiger partial charge >= 0.3 is 0 Å². The lowest BCUT2D eigenvalue weighted by atomic mass is 10.0. The number of hydrogen-bond donors (Lipinski definition) is 1. The van der Waals surface area contributed by atoms with E-state index < -0.39 is 0 Å². The molecule has 35 heavy (non-hydrogen) atoms. The van der Waals surface area contributed by atoms with Crippen LogP contribution < -0.4 is 4.74 Å². The van der Waals surface area contributed by atoms with Gasteiger partial charge in [0.2, 0.25) is 0 Å². The monoisotopic (exact) mass is 464 g/mol. The number of rotatable bonds is 4. The van der Waals surface area contributed by atoms with Crippen LogP contribution in [0.1, 0.15) is 35.2 Å². The Morgan fingerprint density at radius 2 is 1.89 bits per heavy atom. The van der Waals surface area contributed by atoms with Crippen molar-refractivity contribution in [2.24, 2.45) is 0 Å². The number of ether oxygens (including phenoxy) is 1. The number of carbonyl (C=O) groups is 1. The van der Waals surface area contributed by atoms with Crippen LogP contribution in [0.15, 0.2) is 66.7 Å². The van der Waals surface area contributed by atoms with Crippen LogP contribution in [0.2, 0.25) is 0 Å². The molecule has 2 aromatic heterocycles. The van der Waals surface area contributed by atoms with Crippen molar-refractivity contribution in [3.63, 3.8) is 0 Å². The van der Waals surface area contributed by atoms with Crippen LogP contribution in [0.25, 0.3) is 33.1 Å². The van der Waals surface area contributed by atoms with Gasteiger partial charge in [0, 0.05) is 29.6 Å². The summed E-state index contributed by atoms with van der Waals surface area (Å²) in [5.41, 5.74) is 7.05. The van der Waals surface area contributed by atoms with Crippen molar-refractivity contribution < 1.29 is 9.53 Å². The lowest BCUT2D eigenvalue weighted by Crippen LogP contribution is -2.33. The predicted molar refractivity (Wildman–Crippen MR) is 139 cm³/mol. The number of para-hydroxylation sites is 1. The fraction of sp³-hybridized carbons (Fsp3) is 0.241. The van der Waals surface area contributed by atoms with Gasteiger partial charge in [-0.15, -0.1) is 0 Å². The first kappa shape index (κ1) is 21.5. The quantitative estimate of drug-likeness (QED) is 0.358. The van der Waals surface area contributed by atoms with E-state index in [9.17, 15) is 4.79 Å². The van der Waals surface area contributed by atoms with Gasteiger partial charge in [-0.3, -0.25) is 4.79 Å². The number of aromatic nitrogens is 3. The standard InChI is InChI=1S/C29H28N4O2/c1-3-12-33-26-7-5-4-6-22(26)17-27(33)29(34)32-13-14-35-28-11-9-20(15-23(28)18-32)21-8-10-24-25(16-21)31-19(2)30-24/h4-11,15-17H,3,12-14,18H2,1-2H3,(H,30,31). The van der Waals surface area contributed by atoms with E-state index in [1.54, 1.807) is 0 Å². The molecule has 5 aromatic rings. The number of imidazole rings is 1. The summed E-state index contributed by atoms with van der Waals surface area (Å²) in [6.45, 7) is 6.46. The van der Waals surface area contributed by atoms with E-state index in [4.69, 9.17) is 4.74 Å². The first-order valence-corrected chi connectivity index (χ1v) is 12.2. The fourth-order valence-corrected chi connectivity index (χ4v) is 5.08. The first-order valence-electron chi connectivity index (χ1n) is 12.2. The van der Waals surface area contributed by atoms with E-state index in [-0.39, 0.29) is 5.91 Å². The second-order valence-electron chi connectivity index (χ2n) is 9.19. The van der Waals surface area contributed by atoms with Crippen LogP contribution >= 0.6 is 0 Å². The van der Waals surface area contributed by atoms with E-state index in [0.717, 1.165) is 68.9 Å². The number of nitrogens with one attached hydrogen (secondary N) is 1. The summed E-state index contributed by atoms with van der Waals surface area (Å²) in [6, 6.07) is 22.7. The number of fused-ring (bicyclic) bond motifs is 3. The Kier molecular flexibility index (Phi) is 5.29. The molecule has 6 heteroatoms.